The molecule has 5 nitrogen and oxygen atoms in total. The van der Waals surface area contributed by atoms with Crippen molar-refractivity contribution in [1.82, 2.24) is 15.3 Å². The molecule has 3 aromatic heterocycles. The summed E-state index contributed by atoms with van der Waals surface area (Å²) in [5.74, 6) is 2.36. The highest BCUT2D eigenvalue weighted by Crippen LogP contribution is 2.53. The van der Waals surface area contributed by atoms with Crippen LogP contribution in [0.3, 0.4) is 0 Å². The minimum atomic E-state index is -0.0899. The third kappa shape index (κ3) is 4.04. The number of hydrogen-bond donors (Lipinski definition) is 2. The molecule has 3 heterocycles. The first-order valence-corrected chi connectivity index (χ1v) is 14.4. The Balaban J connectivity index is 1.17. The molecule has 2 amide bonds. The van der Waals surface area contributed by atoms with Crippen molar-refractivity contribution in [3.8, 4) is 21.1 Å². The Bertz CT molecular complexity index is 1370. The van der Waals surface area contributed by atoms with Crippen LogP contribution in [-0.4, -0.2) is 21.5 Å². The normalized spacial score (nSPS) is 27.1. The average molecular weight is 501 g/mol. The molecule has 8 rings (SSSR count). The molecule has 4 fully saturated rings. The SMILES string of the molecule is O=C(Nc1ccc2nc(-c3cccs3)c(-c3cccs3)nc2c1)NC12CC3CCC(CC(C3)C1)C2. The fourth-order valence-electron chi connectivity index (χ4n) is 7.05. The second-order valence-corrected chi connectivity index (χ2v) is 12.6. The fraction of sp³-hybridized carbons (Fsp3) is 0.393. The number of rotatable bonds is 4. The molecule has 0 aliphatic heterocycles. The molecule has 178 valence electrons. The molecule has 0 spiro atoms. The molecule has 4 bridgehead atoms. The molecule has 7 heteroatoms. The smallest absolute Gasteiger partial charge is 0.319 e. The molecule has 2 atom stereocenters. The van der Waals surface area contributed by atoms with Gasteiger partial charge in [0.15, 0.2) is 0 Å². The Kier molecular flexibility index (Phi) is 5.17. The summed E-state index contributed by atoms with van der Waals surface area (Å²) in [6.45, 7) is 0. The summed E-state index contributed by atoms with van der Waals surface area (Å²) in [5, 5.41) is 10.7. The van der Waals surface area contributed by atoms with Crippen molar-refractivity contribution in [2.75, 3.05) is 5.32 Å². The van der Waals surface area contributed by atoms with Gasteiger partial charge in [-0.3, -0.25) is 0 Å². The third-order valence-electron chi connectivity index (χ3n) is 8.16. The lowest BCUT2D eigenvalue weighted by molar-refractivity contribution is 0.0821. The van der Waals surface area contributed by atoms with Gasteiger partial charge in [0, 0.05) is 11.2 Å². The number of thiophene rings is 2. The van der Waals surface area contributed by atoms with Crippen molar-refractivity contribution in [2.24, 2.45) is 17.8 Å². The van der Waals surface area contributed by atoms with E-state index in [4.69, 9.17) is 9.97 Å². The minimum Gasteiger partial charge on any atom is -0.332 e. The topological polar surface area (TPSA) is 66.9 Å². The summed E-state index contributed by atoms with van der Waals surface area (Å²) in [6, 6.07) is 14.0. The van der Waals surface area contributed by atoms with Crippen molar-refractivity contribution in [3.05, 3.63) is 53.2 Å². The predicted molar refractivity (Wildman–Crippen MR) is 144 cm³/mol. The van der Waals surface area contributed by atoms with Gasteiger partial charge in [-0.15, -0.1) is 22.7 Å². The lowest BCUT2D eigenvalue weighted by Crippen LogP contribution is -2.56. The number of aromatic nitrogens is 2. The van der Waals surface area contributed by atoms with Crippen LogP contribution in [0.25, 0.3) is 32.2 Å². The van der Waals surface area contributed by atoms with Crippen molar-refractivity contribution < 1.29 is 4.79 Å². The number of nitrogens with zero attached hydrogens (tertiary/aromatic N) is 2. The summed E-state index contributed by atoms with van der Waals surface area (Å²) in [5.41, 5.74) is 4.16. The Morgan fingerprint density at radius 2 is 1.46 bits per heavy atom. The lowest BCUT2D eigenvalue weighted by atomic mass is 9.63. The standard InChI is InChI=1S/C28H28N4OS2/c33-27(32-28-14-17-5-6-18(15-28)12-19(11-17)16-28)29-20-7-8-21-22(13-20)31-26(24-4-2-10-35-24)25(30-21)23-3-1-9-34-23/h1-4,7-10,13,17-19H,5-6,11-12,14-16H2,(H2,29,32,33). The monoisotopic (exact) mass is 500 g/mol. The van der Waals surface area contributed by atoms with E-state index in [0.29, 0.717) is 0 Å². The second-order valence-electron chi connectivity index (χ2n) is 10.7. The highest BCUT2D eigenvalue weighted by Gasteiger charge is 2.49. The number of fused-ring (bicyclic) bond motifs is 2. The van der Waals surface area contributed by atoms with Crippen molar-refractivity contribution in [2.45, 2.75) is 50.5 Å². The first kappa shape index (κ1) is 21.5. The zero-order valence-corrected chi connectivity index (χ0v) is 21.1. The Labute approximate surface area is 213 Å². The fourth-order valence-corrected chi connectivity index (χ4v) is 8.48. The van der Waals surface area contributed by atoms with Gasteiger partial charge < -0.3 is 10.6 Å². The first-order valence-electron chi connectivity index (χ1n) is 12.6. The zero-order valence-electron chi connectivity index (χ0n) is 19.5. The molecule has 2 unspecified atom stereocenters. The van der Waals surface area contributed by atoms with Gasteiger partial charge in [0.25, 0.3) is 0 Å². The molecule has 4 aromatic rings. The van der Waals surface area contributed by atoms with E-state index < -0.39 is 0 Å². The predicted octanol–water partition coefficient (Wildman–Crippen LogP) is 7.57. The molecule has 1 aromatic carbocycles. The average Bonchev–Trinajstić information content (AvgIpc) is 3.52. The van der Waals surface area contributed by atoms with Crippen LogP contribution in [0.5, 0.6) is 0 Å². The Hall–Kier alpha value is -2.77. The van der Waals surface area contributed by atoms with Gasteiger partial charge in [0.05, 0.1) is 20.8 Å². The van der Waals surface area contributed by atoms with E-state index in [2.05, 4.69) is 33.5 Å². The maximum Gasteiger partial charge on any atom is 0.319 e. The van der Waals surface area contributed by atoms with Crippen LogP contribution in [-0.2, 0) is 0 Å². The maximum absolute atomic E-state index is 13.2. The van der Waals surface area contributed by atoms with Crippen LogP contribution < -0.4 is 10.6 Å². The molecule has 0 saturated heterocycles. The molecule has 4 saturated carbocycles. The second kappa shape index (κ2) is 8.42. The quantitative estimate of drug-likeness (QED) is 0.304. The van der Waals surface area contributed by atoms with E-state index >= 15 is 0 Å². The van der Waals surface area contributed by atoms with E-state index in [1.165, 1.54) is 25.7 Å². The van der Waals surface area contributed by atoms with Crippen molar-refractivity contribution in [1.29, 1.82) is 0 Å². The molecule has 35 heavy (non-hydrogen) atoms. The third-order valence-corrected chi connectivity index (χ3v) is 9.92. The van der Waals surface area contributed by atoms with Crippen LogP contribution >= 0.6 is 22.7 Å². The number of hydrogen-bond acceptors (Lipinski definition) is 5. The van der Waals surface area contributed by atoms with Crippen LogP contribution in [0.1, 0.15) is 44.9 Å². The highest BCUT2D eigenvalue weighted by molar-refractivity contribution is 7.14. The van der Waals surface area contributed by atoms with Crippen molar-refractivity contribution in [3.63, 3.8) is 0 Å². The molecule has 2 N–H and O–H groups in total. The lowest BCUT2D eigenvalue weighted by Gasteiger charge is -2.48. The van der Waals surface area contributed by atoms with Crippen molar-refractivity contribution >= 4 is 45.4 Å². The largest absolute Gasteiger partial charge is 0.332 e. The Morgan fingerprint density at radius 1 is 0.829 bits per heavy atom. The number of anilines is 1. The van der Waals surface area contributed by atoms with Gasteiger partial charge in [0.2, 0.25) is 0 Å². The zero-order chi connectivity index (χ0) is 23.4. The summed E-state index contributed by atoms with van der Waals surface area (Å²) >= 11 is 3.34. The number of carbonyl (C=O) groups excluding carboxylic acids is 1. The highest BCUT2D eigenvalue weighted by atomic mass is 32.1. The van der Waals surface area contributed by atoms with Crippen LogP contribution in [0.15, 0.2) is 53.2 Å². The van der Waals surface area contributed by atoms with Gasteiger partial charge in [0.1, 0.15) is 11.4 Å². The van der Waals surface area contributed by atoms with E-state index in [0.717, 1.165) is 74.9 Å². The van der Waals surface area contributed by atoms with Gasteiger partial charge in [-0.1, -0.05) is 25.0 Å². The van der Waals surface area contributed by atoms with E-state index in [9.17, 15) is 4.79 Å². The Morgan fingerprint density at radius 3 is 2.09 bits per heavy atom. The number of urea groups is 1. The minimum absolute atomic E-state index is 0.0182. The number of nitrogens with one attached hydrogen (secondary N) is 2. The summed E-state index contributed by atoms with van der Waals surface area (Å²) < 4.78 is 0. The first-order chi connectivity index (χ1) is 17.1. The van der Waals surface area contributed by atoms with E-state index in [1.807, 2.05) is 30.3 Å². The maximum atomic E-state index is 13.2. The van der Waals surface area contributed by atoms with Gasteiger partial charge in [-0.2, -0.15) is 0 Å². The van der Waals surface area contributed by atoms with Gasteiger partial charge >= 0.3 is 6.03 Å². The number of carbonyl (C=O) groups is 1. The van der Waals surface area contributed by atoms with E-state index in [-0.39, 0.29) is 11.6 Å². The summed E-state index contributed by atoms with van der Waals surface area (Å²) in [7, 11) is 0. The molecule has 4 aliphatic carbocycles. The number of benzene rings is 1. The van der Waals surface area contributed by atoms with Crippen LogP contribution in [0.4, 0.5) is 10.5 Å². The molecular formula is C28H28N4OS2. The molecular weight excluding hydrogens is 472 g/mol. The summed E-state index contributed by atoms with van der Waals surface area (Å²) in [4.78, 5) is 25.3. The van der Waals surface area contributed by atoms with E-state index in [1.54, 1.807) is 22.7 Å². The van der Waals surface area contributed by atoms with Gasteiger partial charge in [-0.05, 0) is 90.9 Å². The molecule has 0 radical (unpaired) electrons. The van der Waals surface area contributed by atoms with Gasteiger partial charge in [-0.25, -0.2) is 14.8 Å². The van der Waals surface area contributed by atoms with Crippen LogP contribution in [0.2, 0.25) is 0 Å². The molecule has 4 aliphatic rings. The van der Waals surface area contributed by atoms with Crippen LogP contribution in [0, 0.1) is 17.8 Å². The number of amides is 2. The summed E-state index contributed by atoms with van der Waals surface area (Å²) in [6.07, 6.45) is 8.85.